The number of anilines is 1. The molecular weight excluding hydrogens is 416 g/mol. The van der Waals surface area contributed by atoms with Crippen molar-refractivity contribution in [2.75, 3.05) is 5.32 Å². The molecule has 2 aromatic rings. The SMILES string of the molecule is CC(=O)OI=C(Nc1ccc(F)c(Cl)c1)c1nonc1C. The van der Waals surface area contributed by atoms with E-state index in [-0.39, 0.29) is 5.02 Å². The molecule has 1 N–H and O–H groups in total. The molecule has 1 aromatic carbocycles. The molecule has 0 aliphatic heterocycles. The summed E-state index contributed by atoms with van der Waals surface area (Å²) >= 11 is 4.60. The molecule has 21 heavy (non-hydrogen) atoms. The molecular formula is C12H10ClFIN3O3. The van der Waals surface area contributed by atoms with E-state index in [0.717, 1.165) is 0 Å². The van der Waals surface area contributed by atoms with Crippen molar-refractivity contribution in [2.45, 2.75) is 13.8 Å². The molecule has 9 heteroatoms. The zero-order chi connectivity index (χ0) is 15.4. The monoisotopic (exact) mass is 425 g/mol. The lowest BCUT2D eigenvalue weighted by Gasteiger charge is -2.08. The first-order valence-corrected chi connectivity index (χ1v) is 8.02. The van der Waals surface area contributed by atoms with Gasteiger partial charge in [-0.3, -0.25) is 4.79 Å². The number of rotatable bonds is 4. The van der Waals surface area contributed by atoms with Crippen LogP contribution in [0, 0.1) is 12.7 Å². The Bertz CT molecular complexity index is 705. The average Bonchev–Trinajstić information content (AvgIpc) is 2.84. The van der Waals surface area contributed by atoms with Crippen LogP contribution >= 0.6 is 32.7 Å². The van der Waals surface area contributed by atoms with Gasteiger partial charge in [0, 0.05) is 12.6 Å². The van der Waals surface area contributed by atoms with Crippen molar-refractivity contribution < 1.29 is 16.9 Å². The van der Waals surface area contributed by atoms with Gasteiger partial charge in [0.1, 0.15) is 36.3 Å². The number of hydrogen-bond donors (Lipinski definition) is 1. The maximum absolute atomic E-state index is 13.2. The number of carbonyl (C=O) groups is 1. The molecule has 1 heterocycles. The van der Waals surface area contributed by atoms with Crippen molar-refractivity contribution in [3.05, 3.63) is 40.4 Å². The molecule has 0 unspecified atom stereocenters. The van der Waals surface area contributed by atoms with Gasteiger partial charge in [0.15, 0.2) is 5.69 Å². The molecule has 0 radical (unpaired) electrons. The molecule has 0 amide bonds. The lowest BCUT2D eigenvalue weighted by Crippen LogP contribution is -2.13. The number of benzene rings is 1. The Balaban J connectivity index is 2.32. The smallest absolute Gasteiger partial charge is 0.311 e. The fraction of sp³-hybridized carbons (Fsp3) is 0.167. The van der Waals surface area contributed by atoms with Crippen LogP contribution in [0.2, 0.25) is 5.02 Å². The molecule has 0 aliphatic carbocycles. The zero-order valence-corrected chi connectivity index (χ0v) is 13.9. The highest BCUT2D eigenvalue weighted by molar-refractivity contribution is 14.2. The Labute approximate surface area is 134 Å². The second-order valence-corrected chi connectivity index (χ2v) is 6.28. The molecule has 0 saturated carbocycles. The van der Waals surface area contributed by atoms with E-state index in [9.17, 15) is 9.18 Å². The van der Waals surface area contributed by atoms with E-state index in [4.69, 9.17) is 14.7 Å². The molecule has 0 spiro atoms. The minimum Gasteiger partial charge on any atom is -0.401 e. The number of halogens is 3. The summed E-state index contributed by atoms with van der Waals surface area (Å²) in [5.74, 6) is -0.911. The highest BCUT2D eigenvalue weighted by atomic mass is 127. The van der Waals surface area contributed by atoms with E-state index in [1.807, 2.05) is 0 Å². The normalized spacial score (nSPS) is 11.7. The number of hydrogen-bond acceptors (Lipinski definition) is 6. The maximum Gasteiger partial charge on any atom is 0.311 e. The lowest BCUT2D eigenvalue weighted by molar-refractivity contribution is -0.128. The van der Waals surface area contributed by atoms with Gasteiger partial charge in [-0.25, -0.2) is 9.02 Å². The van der Waals surface area contributed by atoms with Crippen LogP contribution in [0.25, 0.3) is 0 Å². The van der Waals surface area contributed by atoms with Gasteiger partial charge in [-0.05, 0) is 30.3 Å². The van der Waals surface area contributed by atoms with Crippen molar-refractivity contribution in [3.63, 3.8) is 0 Å². The summed E-state index contributed by atoms with van der Waals surface area (Å²) in [6.45, 7) is 3.03. The van der Waals surface area contributed by atoms with Gasteiger partial charge in [-0.15, -0.1) is 0 Å². The Hall–Kier alpha value is -1.55. The molecule has 0 saturated heterocycles. The van der Waals surface area contributed by atoms with Crippen LogP contribution < -0.4 is 5.32 Å². The molecule has 6 nitrogen and oxygen atoms in total. The number of aromatic nitrogens is 2. The molecule has 1 aromatic heterocycles. The average molecular weight is 426 g/mol. The van der Waals surface area contributed by atoms with Gasteiger partial charge >= 0.3 is 5.97 Å². The third-order valence-electron chi connectivity index (χ3n) is 2.26. The second kappa shape index (κ2) is 6.94. The molecule has 2 rings (SSSR count). The van der Waals surface area contributed by atoms with Crippen molar-refractivity contribution in [1.82, 2.24) is 10.3 Å². The number of nitrogens with one attached hydrogen (secondary N) is 1. The first-order valence-electron chi connectivity index (χ1n) is 5.68. The van der Waals surface area contributed by atoms with Crippen molar-refractivity contribution in [2.24, 2.45) is 0 Å². The third kappa shape index (κ3) is 4.21. The van der Waals surface area contributed by atoms with Crippen molar-refractivity contribution in [1.29, 1.82) is 0 Å². The zero-order valence-electron chi connectivity index (χ0n) is 11.0. The van der Waals surface area contributed by atoms with E-state index < -0.39 is 32.9 Å². The van der Waals surface area contributed by atoms with Gasteiger partial charge in [0.25, 0.3) is 0 Å². The third-order valence-corrected chi connectivity index (χ3v) is 4.61. The fourth-order valence-electron chi connectivity index (χ4n) is 1.34. The highest BCUT2D eigenvalue weighted by Gasteiger charge is 2.14. The van der Waals surface area contributed by atoms with Crippen LogP contribution in [-0.2, 0) is 7.86 Å². The topological polar surface area (TPSA) is 77.2 Å². The van der Waals surface area contributed by atoms with Gasteiger partial charge < -0.3 is 8.38 Å². The number of nitrogens with zero attached hydrogens (tertiary/aromatic N) is 2. The molecule has 0 aliphatic rings. The van der Waals surface area contributed by atoms with E-state index in [1.165, 1.54) is 25.1 Å². The van der Waals surface area contributed by atoms with Crippen LogP contribution in [0.15, 0.2) is 22.8 Å². The molecule has 0 atom stereocenters. The van der Waals surface area contributed by atoms with E-state index in [1.54, 1.807) is 6.92 Å². The molecule has 112 valence electrons. The molecule has 0 fully saturated rings. The Morgan fingerprint density at radius 2 is 2.24 bits per heavy atom. The number of aryl methyl sites for hydroxylation is 1. The summed E-state index contributed by atoms with van der Waals surface area (Å²) in [5, 5.41) is 10.5. The van der Waals surface area contributed by atoms with Gasteiger partial charge in [0.2, 0.25) is 0 Å². The summed E-state index contributed by atoms with van der Waals surface area (Å²) in [4.78, 5) is 11.0. The predicted octanol–water partition coefficient (Wildman–Crippen LogP) is 3.21. The molecule has 0 bridgehead atoms. The van der Waals surface area contributed by atoms with Crippen LogP contribution in [0.1, 0.15) is 18.3 Å². The Morgan fingerprint density at radius 3 is 2.81 bits per heavy atom. The van der Waals surface area contributed by atoms with Gasteiger partial charge in [0.05, 0.1) is 5.02 Å². The van der Waals surface area contributed by atoms with E-state index in [2.05, 4.69) is 20.3 Å². The summed E-state index contributed by atoms with van der Waals surface area (Å²) < 4.78 is 23.4. The van der Waals surface area contributed by atoms with Crippen LogP contribution in [0.5, 0.6) is 0 Å². The van der Waals surface area contributed by atoms with Gasteiger partial charge in [-0.2, -0.15) is 0 Å². The van der Waals surface area contributed by atoms with E-state index in [0.29, 0.717) is 20.7 Å². The maximum atomic E-state index is 13.2. The van der Waals surface area contributed by atoms with Crippen LogP contribution in [0.3, 0.4) is 0 Å². The summed E-state index contributed by atoms with van der Waals surface area (Å²) in [6.07, 6.45) is 0. The van der Waals surface area contributed by atoms with Crippen LogP contribution in [0.4, 0.5) is 10.1 Å². The summed E-state index contributed by atoms with van der Waals surface area (Å²) in [5.41, 5.74) is 1.56. The second-order valence-electron chi connectivity index (χ2n) is 3.91. The largest absolute Gasteiger partial charge is 0.401 e. The van der Waals surface area contributed by atoms with E-state index >= 15 is 0 Å². The Morgan fingerprint density at radius 1 is 1.48 bits per heavy atom. The summed E-state index contributed by atoms with van der Waals surface area (Å²) in [6, 6.07) is 4.18. The predicted molar refractivity (Wildman–Crippen MR) is 84.0 cm³/mol. The quantitative estimate of drug-likeness (QED) is 0.758. The standard InChI is InChI=1S/C12H10ClFIN3O3/c1-6-11(18-21-17-6)12(15-20-7(2)19)16-8-3-4-10(14)9(13)5-8/h3-5,16H,1-2H3. The minimum absolute atomic E-state index is 0.0139. The Kier molecular flexibility index (Phi) is 5.23. The van der Waals surface area contributed by atoms with Crippen molar-refractivity contribution in [3.8, 4) is 0 Å². The van der Waals surface area contributed by atoms with Crippen molar-refractivity contribution >= 4 is 48.0 Å². The highest BCUT2D eigenvalue weighted by Crippen LogP contribution is 2.22. The number of carbonyl (C=O) groups excluding carboxylic acids is 1. The lowest BCUT2D eigenvalue weighted by atomic mass is 10.3. The fourth-order valence-corrected chi connectivity index (χ4v) is 3.17. The summed E-state index contributed by atoms with van der Waals surface area (Å²) in [7, 11) is 0. The van der Waals surface area contributed by atoms with Gasteiger partial charge in [-0.1, -0.05) is 16.8 Å². The first kappa shape index (κ1) is 15.8. The first-order chi connectivity index (χ1) is 9.97. The minimum atomic E-state index is -1.14. The van der Waals surface area contributed by atoms with Crippen LogP contribution in [-0.4, -0.2) is 19.9 Å².